The second kappa shape index (κ2) is 8.11. The summed E-state index contributed by atoms with van der Waals surface area (Å²) in [5.74, 6) is -2.92. The summed E-state index contributed by atoms with van der Waals surface area (Å²) < 4.78 is 47.4. The number of nitrogens with two attached hydrogens (primary N) is 1. The average molecular weight is 273 g/mol. The van der Waals surface area contributed by atoms with Crippen LogP contribution in [0.5, 0.6) is 0 Å². The van der Waals surface area contributed by atoms with Crippen LogP contribution in [0.2, 0.25) is 0 Å². The van der Waals surface area contributed by atoms with Crippen molar-refractivity contribution in [2.75, 3.05) is 33.9 Å². The fourth-order valence-electron chi connectivity index (χ4n) is 1.24. The maximum Gasteiger partial charge on any atom is 0.400 e. The highest BCUT2D eigenvalue weighted by Crippen LogP contribution is 2.25. The molecule has 0 aromatic rings. The van der Waals surface area contributed by atoms with Crippen molar-refractivity contribution >= 4 is 5.84 Å². The van der Waals surface area contributed by atoms with E-state index in [0.29, 0.717) is 0 Å². The van der Waals surface area contributed by atoms with Gasteiger partial charge in [-0.25, -0.2) is 0 Å². The van der Waals surface area contributed by atoms with Crippen LogP contribution in [0.15, 0.2) is 5.16 Å². The molecule has 0 rings (SSSR count). The van der Waals surface area contributed by atoms with Crippen LogP contribution in [-0.4, -0.2) is 57.2 Å². The Morgan fingerprint density at radius 3 is 2.39 bits per heavy atom. The second-order valence-electron chi connectivity index (χ2n) is 3.59. The molecule has 6 nitrogen and oxygen atoms in total. The van der Waals surface area contributed by atoms with Gasteiger partial charge in [-0.2, -0.15) is 13.2 Å². The van der Waals surface area contributed by atoms with Crippen LogP contribution in [0.3, 0.4) is 0 Å². The van der Waals surface area contributed by atoms with Gasteiger partial charge in [0.1, 0.15) is 5.92 Å². The highest BCUT2D eigenvalue weighted by Gasteiger charge is 2.42. The van der Waals surface area contributed by atoms with Gasteiger partial charge in [0.25, 0.3) is 0 Å². The molecule has 0 bridgehead atoms. The Morgan fingerprint density at radius 2 is 2.00 bits per heavy atom. The molecule has 0 radical (unpaired) electrons. The summed E-state index contributed by atoms with van der Waals surface area (Å²) in [4.78, 5) is 0. The molecule has 0 aromatic carbocycles. The van der Waals surface area contributed by atoms with Gasteiger partial charge in [0.15, 0.2) is 5.84 Å². The van der Waals surface area contributed by atoms with E-state index < -0.39 is 24.5 Å². The van der Waals surface area contributed by atoms with E-state index in [2.05, 4.69) is 10.5 Å². The number of ether oxygens (including phenoxy) is 2. The zero-order chi connectivity index (χ0) is 14.2. The summed E-state index contributed by atoms with van der Waals surface area (Å²) in [7, 11) is 2.89. The number of oxime groups is 1. The molecule has 0 saturated carbocycles. The van der Waals surface area contributed by atoms with Gasteiger partial charge >= 0.3 is 6.18 Å². The maximum atomic E-state index is 12.5. The first-order valence-electron chi connectivity index (χ1n) is 5.13. The summed E-state index contributed by atoms with van der Waals surface area (Å²) in [5, 5.41) is 13.2. The van der Waals surface area contributed by atoms with Crippen molar-refractivity contribution in [3.05, 3.63) is 0 Å². The minimum atomic E-state index is -4.58. The van der Waals surface area contributed by atoms with Crippen LogP contribution in [0.1, 0.15) is 0 Å². The van der Waals surface area contributed by atoms with Crippen LogP contribution in [-0.2, 0) is 9.47 Å². The Bertz CT molecular complexity index is 261. The number of amidine groups is 1. The molecule has 9 heteroatoms. The number of hydrogen-bond acceptors (Lipinski definition) is 5. The molecule has 18 heavy (non-hydrogen) atoms. The van der Waals surface area contributed by atoms with Gasteiger partial charge in [0.05, 0.1) is 12.7 Å². The van der Waals surface area contributed by atoms with Crippen LogP contribution in [0, 0.1) is 5.92 Å². The normalized spacial score (nSPS) is 16.6. The van der Waals surface area contributed by atoms with E-state index in [1.54, 1.807) is 0 Å². The van der Waals surface area contributed by atoms with Crippen LogP contribution >= 0.6 is 0 Å². The van der Waals surface area contributed by atoms with E-state index in [9.17, 15) is 13.2 Å². The van der Waals surface area contributed by atoms with Crippen molar-refractivity contribution in [2.24, 2.45) is 16.8 Å². The Labute approximate surface area is 103 Å². The van der Waals surface area contributed by atoms with E-state index in [1.165, 1.54) is 14.2 Å². The molecule has 108 valence electrons. The largest absolute Gasteiger partial charge is 0.409 e. The summed E-state index contributed by atoms with van der Waals surface area (Å²) in [6, 6.07) is 0. The predicted octanol–water partition coefficient (Wildman–Crippen LogP) is 0.162. The van der Waals surface area contributed by atoms with Gasteiger partial charge in [-0.15, -0.1) is 0 Å². The SMILES string of the molecule is COCC(CNCC(C(N)=NO)C(F)(F)F)OC. The second-order valence-corrected chi connectivity index (χ2v) is 3.59. The van der Waals surface area contributed by atoms with E-state index in [-0.39, 0.29) is 19.3 Å². The number of rotatable bonds is 8. The molecule has 0 aliphatic rings. The van der Waals surface area contributed by atoms with Crippen LogP contribution < -0.4 is 11.1 Å². The zero-order valence-electron chi connectivity index (χ0n) is 10.2. The molecule has 0 aliphatic carbocycles. The van der Waals surface area contributed by atoms with E-state index in [4.69, 9.17) is 20.4 Å². The Kier molecular flexibility index (Phi) is 7.64. The van der Waals surface area contributed by atoms with Crippen molar-refractivity contribution in [2.45, 2.75) is 12.3 Å². The molecule has 0 fully saturated rings. The monoisotopic (exact) mass is 273 g/mol. The van der Waals surface area contributed by atoms with Gasteiger partial charge in [0, 0.05) is 27.3 Å². The summed E-state index contributed by atoms with van der Waals surface area (Å²) >= 11 is 0. The van der Waals surface area contributed by atoms with E-state index in [0.717, 1.165) is 0 Å². The van der Waals surface area contributed by atoms with E-state index in [1.807, 2.05) is 0 Å². The lowest BCUT2D eigenvalue weighted by atomic mass is 10.1. The minimum Gasteiger partial charge on any atom is -0.409 e. The molecule has 0 heterocycles. The molecule has 4 N–H and O–H groups in total. The van der Waals surface area contributed by atoms with Crippen molar-refractivity contribution in [3.8, 4) is 0 Å². The number of alkyl halides is 3. The summed E-state index contributed by atoms with van der Waals surface area (Å²) in [6.07, 6.45) is -4.94. The average Bonchev–Trinajstić information content (AvgIpc) is 2.30. The Balaban J connectivity index is 4.29. The van der Waals surface area contributed by atoms with Crippen molar-refractivity contribution in [3.63, 3.8) is 0 Å². The van der Waals surface area contributed by atoms with Gasteiger partial charge in [-0.05, 0) is 0 Å². The lowest BCUT2D eigenvalue weighted by Crippen LogP contribution is -2.45. The molecular formula is C9H18F3N3O3. The third kappa shape index (κ3) is 6.03. The van der Waals surface area contributed by atoms with Crippen molar-refractivity contribution in [1.29, 1.82) is 0 Å². The number of methoxy groups -OCH3 is 2. The van der Waals surface area contributed by atoms with Gasteiger partial charge < -0.3 is 25.7 Å². The number of hydrogen-bond donors (Lipinski definition) is 3. The third-order valence-electron chi connectivity index (χ3n) is 2.27. The highest BCUT2D eigenvalue weighted by molar-refractivity contribution is 5.83. The fraction of sp³-hybridized carbons (Fsp3) is 0.889. The molecule has 0 spiro atoms. The lowest BCUT2D eigenvalue weighted by Gasteiger charge is -2.21. The van der Waals surface area contributed by atoms with E-state index >= 15 is 0 Å². The lowest BCUT2D eigenvalue weighted by molar-refractivity contribution is -0.155. The predicted molar refractivity (Wildman–Crippen MR) is 58.5 cm³/mol. The van der Waals surface area contributed by atoms with Crippen molar-refractivity contribution < 1.29 is 27.9 Å². The fourth-order valence-corrected chi connectivity index (χ4v) is 1.24. The minimum absolute atomic E-state index is 0.162. The molecule has 0 amide bonds. The van der Waals surface area contributed by atoms with Crippen LogP contribution in [0.4, 0.5) is 13.2 Å². The molecule has 0 saturated heterocycles. The van der Waals surface area contributed by atoms with Crippen molar-refractivity contribution in [1.82, 2.24) is 5.32 Å². The first kappa shape index (κ1) is 16.9. The molecule has 2 unspecified atom stereocenters. The number of nitrogens with zero attached hydrogens (tertiary/aromatic N) is 1. The highest BCUT2D eigenvalue weighted by atomic mass is 19.4. The Morgan fingerprint density at radius 1 is 1.39 bits per heavy atom. The zero-order valence-corrected chi connectivity index (χ0v) is 10.2. The third-order valence-corrected chi connectivity index (χ3v) is 2.27. The maximum absolute atomic E-state index is 12.5. The first-order chi connectivity index (χ1) is 8.36. The number of nitrogens with one attached hydrogen (secondary N) is 1. The quantitative estimate of drug-likeness (QED) is 0.254. The van der Waals surface area contributed by atoms with Gasteiger partial charge in [0.2, 0.25) is 0 Å². The van der Waals surface area contributed by atoms with Gasteiger partial charge in [-0.1, -0.05) is 5.16 Å². The topological polar surface area (TPSA) is 89.1 Å². The molecule has 0 aromatic heterocycles. The smallest absolute Gasteiger partial charge is 0.400 e. The standard InChI is InChI=1S/C9H18F3N3O3/c1-17-5-6(18-2)3-14-4-7(8(13)15-16)9(10,11)12/h6-7,14,16H,3-5H2,1-2H3,(H2,13,15). The first-order valence-corrected chi connectivity index (χ1v) is 5.13. The number of halogens is 3. The van der Waals surface area contributed by atoms with Crippen LogP contribution in [0.25, 0.3) is 0 Å². The molecular weight excluding hydrogens is 255 g/mol. The molecule has 0 aliphatic heterocycles. The molecule has 2 atom stereocenters. The Hall–Kier alpha value is -1.06. The summed E-state index contributed by atoms with van der Waals surface area (Å²) in [5.41, 5.74) is 5.00. The summed E-state index contributed by atoms with van der Waals surface area (Å²) in [6.45, 7) is -0.0810. The van der Waals surface area contributed by atoms with Gasteiger partial charge in [-0.3, -0.25) is 0 Å².